The lowest BCUT2D eigenvalue weighted by atomic mass is 9.99. The standard InChI is InChI=1S/C16H25NO2/c1-5-6-9-17-16(18)11-14-10-13(12(2)3)7-8-15(14)19-4/h7-8,10,12H,5-6,9,11H2,1-4H3,(H,17,18). The summed E-state index contributed by atoms with van der Waals surface area (Å²) < 4.78 is 5.33. The van der Waals surface area contributed by atoms with E-state index in [0.29, 0.717) is 12.3 Å². The number of hydrogen-bond acceptors (Lipinski definition) is 2. The molecule has 1 aromatic rings. The van der Waals surface area contributed by atoms with Crippen LogP contribution in [-0.4, -0.2) is 19.6 Å². The molecule has 0 aromatic heterocycles. The Labute approximate surface area is 116 Å². The predicted octanol–water partition coefficient (Wildman–Crippen LogP) is 3.28. The fraction of sp³-hybridized carbons (Fsp3) is 0.562. The molecule has 0 atom stereocenters. The van der Waals surface area contributed by atoms with Crippen LogP contribution in [0, 0.1) is 0 Å². The zero-order valence-corrected chi connectivity index (χ0v) is 12.5. The van der Waals surface area contributed by atoms with Gasteiger partial charge in [-0.15, -0.1) is 0 Å². The summed E-state index contributed by atoms with van der Waals surface area (Å²) in [6, 6.07) is 6.08. The Morgan fingerprint density at radius 2 is 2.11 bits per heavy atom. The van der Waals surface area contributed by atoms with E-state index in [1.165, 1.54) is 5.56 Å². The van der Waals surface area contributed by atoms with Gasteiger partial charge in [-0.25, -0.2) is 0 Å². The monoisotopic (exact) mass is 263 g/mol. The topological polar surface area (TPSA) is 38.3 Å². The van der Waals surface area contributed by atoms with Crippen molar-refractivity contribution in [3.05, 3.63) is 29.3 Å². The van der Waals surface area contributed by atoms with Crippen LogP contribution in [0.4, 0.5) is 0 Å². The maximum absolute atomic E-state index is 11.9. The third-order valence-electron chi connectivity index (χ3n) is 3.17. The van der Waals surface area contributed by atoms with Crippen LogP contribution in [0.2, 0.25) is 0 Å². The molecule has 0 aliphatic heterocycles. The highest BCUT2D eigenvalue weighted by Crippen LogP contribution is 2.24. The number of unbranched alkanes of at least 4 members (excludes halogenated alkanes) is 1. The van der Waals surface area contributed by atoms with Gasteiger partial charge < -0.3 is 10.1 Å². The summed E-state index contributed by atoms with van der Waals surface area (Å²) in [5, 5.41) is 2.94. The van der Waals surface area contributed by atoms with Gasteiger partial charge in [0.1, 0.15) is 5.75 Å². The molecule has 1 amide bonds. The predicted molar refractivity (Wildman–Crippen MR) is 78.7 cm³/mol. The number of ether oxygens (including phenoxy) is 1. The van der Waals surface area contributed by atoms with Gasteiger partial charge in [0.25, 0.3) is 0 Å². The van der Waals surface area contributed by atoms with Gasteiger partial charge in [-0.05, 0) is 24.0 Å². The molecular weight excluding hydrogens is 238 g/mol. The molecule has 0 aliphatic rings. The molecule has 1 N–H and O–H groups in total. The highest BCUT2D eigenvalue weighted by atomic mass is 16.5. The molecule has 0 heterocycles. The van der Waals surface area contributed by atoms with Crippen LogP contribution in [-0.2, 0) is 11.2 Å². The Morgan fingerprint density at radius 3 is 2.68 bits per heavy atom. The molecule has 0 unspecified atom stereocenters. The van der Waals surface area contributed by atoms with Crippen molar-refractivity contribution in [3.8, 4) is 5.75 Å². The van der Waals surface area contributed by atoms with Crippen molar-refractivity contribution in [2.45, 2.75) is 46.0 Å². The van der Waals surface area contributed by atoms with E-state index in [1.54, 1.807) is 7.11 Å². The second-order valence-corrected chi connectivity index (χ2v) is 5.11. The summed E-state index contributed by atoms with van der Waals surface area (Å²) in [7, 11) is 1.64. The van der Waals surface area contributed by atoms with Crippen LogP contribution >= 0.6 is 0 Å². The maximum atomic E-state index is 11.9. The summed E-state index contributed by atoms with van der Waals surface area (Å²) in [4.78, 5) is 11.9. The minimum absolute atomic E-state index is 0.0626. The molecule has 0 saturated carbocycles. The summed E-state index contributed by atoms with van der Waals surface area (Å²) in [6.07, 6.45) is 2.49. The highest BCUT2D eigenvalue weighted by Gasteiger charge is 2.10. The number of carbonyl (C=O) groups is 1. The van der Waals surface area contributed by atoms with Gasteiger partial charge in [0.05, 0.1) is 13.5 Å². The van der Waals surface area contributed by atoms with E-state index in [9.17, 15) is 4.79 Å². The number of benzene rings is 1. The molecule has 19 heavy (non-hydrogen) atoms. The number of carbonyl (C=O) groups excluding carboxylic acids is 1. The first-order valence-corrected chi connectivity index (χ1v) is 7.02. The quantitative estimate of drug-likeness (QED) is 0.767. The Balaban J connectivity index is 2.74. The highest BCUT2D eigenvalue weighted by molar-refractivity contribution is 5.79. The normalized spacial score (nSPS) is 10.6. The molecule has 1 aromatic carbocycles. The fourth-order valence-corrected chi connectivity index (χ4v) is 1.94. The SMILES string of the molecule is CCCCNC(=O)Cc1cc(C(C)C)ccc1OC. The van der Waals surface area contributed by atoms with Crippen molar-refractivity contribution in [1.82, 2.24) is 5.32 Å². The number of methoxy groups -OCH3 is 1. The van der Waals surface area contributed by atoms with E-state index < -0.39 is 0 Å². The van der Waals surface area contributed by atoms with Crippen molar-refractivity contribution >= 4 is 5.91 Å². The molecule has 0 saturated heterocycles. The Kier molecular flexibility index (Phi) is 6.40. The van der Waals surface area contributed by atoms with Crippen molar-refractivity contribution < 1.29 is 9.53 Å². The van der Waals surface area contributed by atoms with Crippen LogP contribution in [0.5, 0.6) is 5.75 Å². The van der Waals surface area contributed by atoms with E-state index in [2.05, 4.69) is 38.2 Å². The Hall–Kier alpha value is -1.51. The fourth-order valence-electron chi connectivity index (χ4n) is 1.94. The summed E-state index contributed by atoms with van der Waals surface area (Å²) >= 11 is 0. The first-order chi connectivity index (χ1) is 9.08. The number of nitrogens with one attached hydrogen (secondary N) is 1. The lowest BCUT2D eigenvalue weighted by molar-refractivity contribution is -0.120. The van der Waals surface area contributed by atoms with E-state index in [1.807, 2.05) is 6.07 Å². The smallest absolute Gasteiger partial charge is 0.224 e. The molecule has 3 nitrogen and oxygen atoms in total. The lowest BCUT2D eigenvalue weighted by Crippen LogP contribution is -2.26. The van der Waals surface area contributed by atoms with Gasteiger partial charge in [0.15, 0.2) is 0 Å². The third-order valence-corrected chi connectivity index (χ3v) is 3.17. The lowest BCUT2D eigenvalue weighted by Gasteiger charge is -2.13. The number of amides is 1. The van der Waals surface area contributed by atoms with Gasteiger partial charge in [0, 0.05) is 12.1 Å². The Morgan fingerprint density at radius 1 is 1.37 bits per heavy atom. The molecule has 1 rings (SSSR count). The molecule has 0 bridgehead atoms. The molecule has 0 radical (unpaired) electrons. The largest absolute Gasteiger partial charge is 0.496 e. The second-order valence-electron chi connectivity index (χ2n) is 5.11. The van der Waals surface area contributed by atoms with Crippen LogP contribution in [0.15, 0.2) is 18.2 Å². The zero-order chi connectivity index (χ0) is 14.3. The summed E-state index contributed by atoms with van der Waals surface area (Å²) in [5.41, 5.74) is 2.19. The van der Waals surface area contributed by atoms with Crippen LogP contribution < -0.4 is 10.1 Å². The first kappa shape index (κ1) is 15.5. The van der Waals surface area contributed by atoms with Crippen LogP contribution in [0.25, 0.3) is 0 Å². The van der Waals surface area contributed by atoms with Gasteiger partial charge in [-0.2, -0.15) is 0 Å². The van der Waals surface area contributed by atoms with E-state index in [4.69, 9.17) is 4.74 Å². The number of hydrogen-bond donors (Lipinski definition) is 1. The van der Waals surface area contributed by atoms with Crippen LogP contribution in [0.1, 0.15) is 50.7 Å². The summed E-state index contributed by atoms with van der Waals surface area (Å²) in [6.45, 7) is 7.16. The zero-order valence-electron chi connectivity index (χ0n) is 12.5. The van der Waals surface area contributed by atoms with E-state index in [0.717, 1.165) is 30.7 Å². The van der Waals surface area contributed by atoms with Gasteiger partial charge >= 0.3 is 0 Å². The number of rotatable bonds is 7. The maximum Gasteiger partial charge on any atom is 0.224 e. The minimum Gasteiger partial charge on any atom is -0.496 e. The van der Waals surface area contributed by atoms with Crippen molar-refractivity contribution in [3.63, 3.8) is 0 Å². The van der Waals surface area contributed by atoms with Gasteiger partial charge in [0.2, 0.25) is 5.91 Å². The Bertz CT molecular complexity index is 413. The summed E-state index contributed by atoms with van der Waals surface area (Å²) in [5.74, 6) is 1.30. The van der Waals surface area contributed by atoms with Crippen molar-refractivity contribution in [2.24, 2.45) is 0 Å². The minimum atomic E-state index is 0.0626. The third kappa shape index (κ3) is 4.93. The van der Waals surface area contributed by atoms with Crippen LogP contribution in [0.3, 0.4) is 0 Å². The molecule has 0 aliphatic carbocycles. The molecular formula is C16H25NO2. The molecule has 106 valence electrons. The first-order valence-electron chi connectivity index (χ1n) is 7.02. The average Bonchev–Trinajstić information content (AvgIpc) is 2.38. The van der Waals surface area contributed by atoms with E-state index >= 15 is 0 Å². The van der Waals surface area contributed by atoms with E-state index in [-0.39, 0.29) is 5.91 Å². The van der Waals surface area contributed by atoms with Crippen molar-refractivity contribution in [1.29, 1.82) is 0 Å². The molecule has 0 spiro atoms. The van der Waals surface area contributed by atoms with Gasteiger partial charge in [-0.3, -0.25) is 4.79 Å². The molecule has 3 heteroatoms. The van der Waals surface area contributed by atoms with Gasteiger partial charge in [-0.1, -0.05) is 39.3 Å². The average molecular weight is 263 g/mol. The van der Waals surface area contributed by atoms with Crippen molar-refractivity contribution in [2.75, 3.05) is 13.7 Å². The molecule has 0 fully saturated rings. The second kappa shape index (κ2) is 7.82.